The van der Waals surface area contributed by atoms with Crippen molar-refractivity contribution in [2.45, 2.75) is 38.3 Å². The van der Waals surface area contributed by atoms with Gasteiger partial charge in [-0.1, -0.05) is 6.92 Å². The van der Waals surface area contributed by atoms with Crippen LogP contribution in [0.5, 0.6) is 0 Å². The number of β-amino-alcohol motifs (C(OH)–C–C–N with tert-alkyl or cyclic N) is 1. The number of carbonyl (C=O) groups is 1. The smallest absolute Gasteiger partial charge is 0.239 e. The molecule has 5 heteroatoms. The van der Waals surface area contributed by atoms with Crippen molar-refractivity contribution in [1.82, 2.24) is 4.90 Å². The predicted octanol–water partition coefficient (Wildman–Crippen LogP) is -0.0304. The Morgan fingerprint density at radius 3 is 2.94 bits per heavy atom. The molecule has 1 fully saturated rings. The molecule has 1 saturated heterocycles. The number of nitrogens with zero attached hydrogens (tertiary/aromatic N) is 1. The minimum Gasteiger partial charge on any atom is -0.391 e. The van der Waals surface area contributed by atoms with Crippen LogP contribution < -0.4 is 5.73 Å². The monoisotopic (exact) mass is 244 g/mol. The first kappa shape index (κ1) is 14.4. The number of methoxy groups -OCH3 is 1. The third-order valence-electron chi connectivity index (χ3n) is 3.41. The van der Waals surface area contributed by atoms with Gasteiger partial charge in [-0.3, -0.25) is 4.79 Å². The van der Waals surface area contributed by atoms with Crippen molar-refractivity contribution >= 4 is 5.91 Å². The van der Waals surface area contributed by atoms with E-state index in [9.17, 15) is 9.90 Å². The van der Waals surface area contributed by atoms with E-state index >= 15 is 0 Å². The fourth-order valence-corrected chi connectivity index (χ4v) is 2.05. The van der Waals surface area contributed by atoms with Gasteiger partial charge in [-0.25, -0.2) is 0 Å². The van der Waals surface area contributed by atoms with Crippen LogP contribution in [0.4, 0.5) is 0 Å². The minimum absolute atomic E-state index is 0.0490. The molecule has 17 heavy (non-hydrogen) atoms. The Morgan fingerprint density at radius 2 is 2.35 bits per heavy atom. The summed E-state index contributed by atoms with van der Waals surface area (Å²) in [6, 6.07) is -0.467. The molecule has 0 aliphatic carbocycles. The molecule has 0 aromatic rings. The zero-order valence-corrected chi connectivity index (χ0v) is 10.8. The van der Waals surface area contributed by atoms with Gasteiger partial charge in [0.05, 0.1) is 12.1 Å². The van der Waals surface area contributed by atoms with E-state index in [4.69, 9.17) is 10.5 Å². The number of carbonyl (C=O) groups excluding carboxylic acids is 1. The Labute approximate surface area is 103 Å². The largest absolute Gasteiger partial charge is 0.391 e. The van der Waals surface area contributed by atoms with Gasteiger partial charge < -0.3 is 20.5 Å². The Hall–Kier alpha value is -0.650. The maximum atomic E-state index is 12.0. The van der Waals surface area contributed by atoms with Crippen molar-refractivity contribution in [3.8, 4) is 0 Å². The molecule has 0 saturated carbocycles. The van der Waals surface area contributed by atoms with E-state index in [-0.39, 0.29) is 11.8 Å². The number of hydrogen-bond acceptors (Lipinski definition) is 4. The lowest BCUT2D eigenvalue weighted by atomic mass is 9.95. The first-order valence-corrected chi connectivity index (χ1v) is 6.27. The molecule has 0 spiro atoms. The third kappa shape index (κ3) is 4.26. The Bertz CT molecular complexity index is 248. The summed E-state index contributed by atoms with van der Waals surface area (Å²) in [4.78, 5) is 13.7. The fraction of sp³-hybridized carbons (Fsp3) is 0.917. The van der Waals surface area contributed by atoms with Crippen molar-refractivity contribution in [3.63, 3.8) is 0 Å². The van der Waals surface area contributed by atoms with E-state index in [2.05, 4.69) is 0 Å². The van der Waals surface area contributed by atoms with Crippen LogP contribution in [0.2, 0.25) is 0 Å². The third-order valence-corrected chi connectivity index (χ3v) is 3.41. The number of ether oxygens (including phenoxy) is 1. The number of rotatable bonds is 5. The average Bonchev–Trinajstić information content (AvgIpc) is 2.32. The van der Waals surface area contributed by atoms with E-state index < -0.39 is 12.1 Å². The van der Waals surface area contributed by atoms with Crippen LogP contribution in [0.15, 0.2) is 0 Å². The Balaban J connectivity index is 2.36. The zero-order valence-electron chi connectivity index (χ0n) is 10.8. The van der Waals surface area contributed by atoms with Gasteiger partial charge in [0, 0.05) is 26.8 Å². The highest BCUT2D eigenvalue weighted by Crippen LogP contribution is 2.17. The highest BCUT2D eigenvalue weighted by atomic mass is 16.5. The quantitative estimate of drug-likeness (QED) is 0.666. The molecular formula is C12H24N2O3. The molecule has 3 unspecified atom stereocenters. The summed E-state index contributed by atoms with van der Waals surface area (Å²) < 4.78 is 4.93. The molecule has 1 amide bonds. The van der Waals surface area contributed by atoms with Gasteiger partial charge in [0.2, 0.25) is 5.91 Å². The van der Waals surface area contributed by atoms with Gasteiger partial charge in [0.15, 0.2) is 0 Å². The second kappa shape index (κ2) is 6.93. The number of piperidine rings is 1. The lowest BCUT2D eigenvalue weighted by Gasteiger charge is -2.35. The summed E-state index contributed by atoms with van der Waals surface area (Å²) in [6.07, 6.45) is 1.85. The molecule has 1 aliphatic heterocycles. The molecule has 0 bridgehead atoms. The SMILES string of the molecule is COCCCC(N)C(=O)N1CCC(C)C(O)C1. The van der Waals surface area contributed by atoms with Gasteiger partial charge in [0.1, 0.15) is 0 Å². The molecule has 3 atom stereocenters. The molecule has 1 heterocycles. The number of likely N-dealkylation sites (tertiary alicyclic amines) is 1. The van der Waals surface area contributed by atoms with Crippen LogP contribution in [0.3, 0.4) is 0 Å². The van der Waals surface area contributed by atoms with E-state index in [0.717, 1.165) is 12.8 Å². The van der Waals surface area contributed by atoms with Gasteiger partial charge in [-0.05, 0) is 25.2 Å². The molecule has 100 valence electrons. The molecule has 1 rings (SSSR count). The maximum absolute atomic E-state index is 12.0. The lowest BCUT2D eigenvalue weighted by Crippen LogP contribution is -2.51. The Kier molecular flexibility index (Phi) is 5.88. The summed E-state index contributed by atoms with van der Waals surface area (Å²) in [5.41, 5.74) is 5.84. The van der Waals surface area contributed by atoms with E-state index in [1.54, 1.807) is 12.0 Å². The highest BCUT2D eigenvalue weighted by Gasteiger charge is 2.29. The summed E-state index contributed by atoms with van der Waals surface area (Å²) in [6.45, 7) is 3.75. The molecule has 0 aromatic carbocycles. The predicted molar refractivity (Wildman–Crippen MR) is 65.5 cm³/mol. The van der Waals surface area contributed by atoms with E-state index in [1.165, 1.54) is 0 Å². The van der Waals surface area contributed by atoms with Gasteiger partial charge >= 0.3 is 0 Å². The van der Waals surface area contributed by atoms with Crippen LogP contribution in [-0.2, 0) is 9.53 Å². The van der Waals surface area contributed by atoms with Crippen molar-refractivity contribution < 1.29 is 14.6 Å². The van der Waals surface area contributed by atoms with Crippen molar-refractivity contribution in [3.05, 3.63) is 0 Å². The topological polar surface area (TPSA) is 75.8 Å². The van der Waals surface area contributed by atoms with Crippen molar-refractivity contribution in [1.29, 1.82) is 0 Å². The molecule has 0 radical (unpaired) electrons. The first-order chi connectivity index (χ1) is 8.06. The summed E-state index contributed by atoms with van der Waals surface area (Å²) in [5.74, 6) is 0.218. The molecule has 3 N–H and O–H groups in total. The van der Waals surface area contributed by atoms with Gasteiger partial charge in [0.25, 0.3) is 0 Å². The standard InChI is InChI=1S/C12H24N2O3/c1-9-5-6-14(8-11(9)15)12(16)10(13)4-3-7-17-2/h9-11,15H,3-8,13H2,1-2H3. The second-order valence-corrected chi connectivity index (χ2v) is 4.86. The van der Waals surface area contributed by atoms with Gasteiger partial charge in [-0.2, -0.15) is 0 Å². The summed E-state index contributed by atoms with van der Waals surface area (Å²) in [7, 11) is 1.63. The van der Waals surface area contributed by atoms with Crippen molar-refractivity contribution in [2.24, 2.45) is 11.7 Å². The van der Waals surface area contributed by atoms with E-state index in [0.29, 0.717) is 26.1 Å². The lowest BCUT2D eigenvalue weighted by molar-refractivity contribution is -0.137. The highest BCUT2D eigenvalue weighted by molar-refractivity contribution is 5.81. The number of hydrogen-bond donors (Lipinski definition) is 2. The second-order valence-electron chi connectivity index (χ2n) is 4.86. The van der Waals surface area contributed by atoms with Gasteiger partial charge in [-0.15, -0.1) is 0 Å². The summed E-state index contributed by atoms with van der Waals surface area (Å²) in [5, 5.41) is 9.74. The molecular weight excluding hydrogens is 220 g/mol. The summed E-state index contributed by atoms with van der Waals surface area (Å²) >= 11 is 0. The molecule has 0 aromatic heterocycles. The van der Waals surface area contributed by atoms with Crippen LogP contribution in [0, 0.1) is 5.92 Å². The minimum atomic E-state index is -0.467. The average molecular weight is 244 g/mol. The van der Waals surface area contributed by atoms with Crippen LogP contribution in [-0.4, -0.2) is 54.9 Å². The zero-order chi connectivity index (χ0) is 12.8. The van der Waals surface area contributed by atoms with Crippen LogP contribution >= 0.6 is 0 Å². The molecule has 5 nitrogen and oxygen atoms in total. The van der Waals surface area contributed by atoms with Crippen molar-refractivity contribution in [2.75, 3.05) is 26.8 Å². The van der Waals surface area contributed by atoms with Crippen LogP contribution in [0.25, 0.3) is 0 Å². The number of aliphatic hydroxyl groups is 1. The Morgan fingerprint density at radius 1 is 1.65 bits per heavy atom. The number of nitrogens with two attached hydrogens (primary N) is 1. The van der Waals surface area contributed by atoms with E-state index in [1.807, 2.05) is 6.92 Å². The maximum Gasteiger partial charge on any atom is 0.239 e. The first-order valence-electron chi connectivity index (χ1n) is 6.27. The fourth-order valence-electron chi connectivity index (χ4n) is 2.05. The van der Waals surface area contributed by atoms with Crippen LogP contribution in [0.1, 0.15) is 26.2 Å². The normalized spacial score (nSPS) is 26.9. The molecule has 1 aliphatic rings. The number of amides is 1. The number of aliphatic hydroxyl groups excluding tert-OH is 1.